The largest absolute Gasteiger partial charge is 0.394 e. The highest BCUT2D eigenvalue weighted by atomic mass is 35.5. The van der Waals surface area contributed by atoms with Gasteiger partial charge in [0.25, 0.3) is 0 Å². The normalized spacial score (nSPS) is 10.8. The molecule has 112 valence electrons. The highest BCUT2D eigenvalue weighted by Crippen LogP contribution is 2.31. The third-order valence-corrected chi connectivity index (χ3v) is 2.73. The summed E-state index contributed by atoms with van der Waals surface area (Å²) in [7, 11) is 0. The van der Waals surface area contributed by atoms with Crippen LogP contribution < -0.4 is 11.1 Å². The van der Waals surface area contributed by atoms with Gasteiger partial charge in [0.15, 0.2) is 29.1 Å². The first-order valence-electron chi connectivity index (χ1n) is 5.32. The molecule has 0 spiro atoms. The second-order valence-electron chi connectivity index (χ2n) is 3.91. The summed E-state index contributed by atoms with van der Waals surface area (Å²) in [5.41, 5.74) is 4.29. The zero-order valence-corrected chi connectivity index (χ0v) is 11.0. The van der Waals surface area contributed by atoms with Crippen LogP contribution in [0, 0.1) is 36.0 Å². The summed E-state index contributed by atoms with van der Waals surface area (Å²) < 4.78 is 66.1. The van der Waals surface area contributed by atoms with E-state index < -0.39 is 34.8 Å². The third kappa shape index (κ3) is 2.56. The lowest BCUT2D eigenvalue weighted by atomic mass is 10.2. The van der Waals surface area contributed by atoms with Gasteiger partial charge in [-0.25, -0.2) is 26.9 Å². The molecule has 2 rings (SSSR count). The zero-order chi connectivity index (χ0) is 15.9. The fraction of sp³-hybridized carbons (Fsp3) is 0.0909. The van der Waals surface area contributed by atoms with Crippen LogP contribution in [-0.2, 0) is 0 Å². The standard InChI is InChI=1S/C11H6ClF5N4/c1-2-8(18)10(21-11(12)19-2)20-9-6(16)4(14)3(13)5(15)7(9)17/h18H2,1H3,(H,19,20,21). The van der Waals surface area contributed by atoms with Crippen molar-refractivity contribution in [2.75, 3.05) is 11.1 Å². The van der Waals surface area contributed by atoms with Crippen molar-refractivity contribution in [3.63, 3.8) is 0 Å². The summed E-state index contributed by atoms with van der Waals surface area (Å²) in [6.45, 7) is 1.42. The molecule has 0 saturated carbocycles. The molecule has 1 aromatic carbocycles. The number of nitrogens with one attached hydrogen (secondary N) is 1. The van der Waals surface area contributed by atoms with E-state index >= 15 is 0 Å². The quantitative estimate of drug-likeness (QED) is 0.384. The molecule has 21 heavy (non-hydrogen) atoms. The molecular weight excluding hydrogens is 319 g/mol. The van der Waals surface area contributed by atoms with Gasteiger partial charge in [-0.2, -0.15) is 4.98 Å². The molecule has 0 saturated heterocycles. The Bertz CT molecular complexity index is 708. The number of hydrogen-bond acceptors (Lipinski definition) is 4. The van der Waals surface area contributed by atoms with Gasteiger partial charge in [-0.05, 0) is 18.5 Å². The smallest absolute Gasteiger partial charge is 0.224 e. The van der Waals surface area contributed by atoms with Gasteiger partial charge in [0.1, 0.15) is 5.69 Å². The van der Waals surface area contributed by atoms with Crippen LogP contribution in [0.5, 0.6) is 0 Å². The predicted molar refractivity (Wildman–Crippen MR) is 65.7 cm³/mol. The van der Waals surface area contributed by atoms with Crippen molar-refractivity contribution in [2.24, 2.45) is 0 Å². The minimum Gasteiger partial charge on any atom is -0.394 e. The Morgan fingerprint density at radius 3 is 1.90 bits per heavy atom. The number of aromatic nitrogens is 2. The van der Waals surface area contributed by atoms with Crippen LogP contribution in [0.25, 0.3) is 0 Å². The Morgan fingerprint density at radius 1 is 0.905 bits per heavy atom. The summed E-state index contributed by atoms with van der Waals surface area (Å²) in [5.74, 6) is -10.9. The van der Waals surface area contributed by atoms with Crippen LogP contribution in [0.1, 0.15) is 5.69 Å². The Kier molecular flexibility index (Phi) is 3.86. The van der Waals surface area contributed by atoms with Gasteiger partial charge in [0.05, 0.1) is 11.4 Å². The van der Waals surface area contributed by atoms with Crippen LogP contribution in [0.15, 0.2) is 0 Å². The Hall–Kier alpha value is -2.16. The maximum Gasteiger partial charge on any atom is 0.224 e. The first-order valence-corrected chi connectivity index (χ1v) is 5.69. The minimum absolute atomic E-state index is 0.150. The molecule has 3 N–H and O–H groups in total. The van der Waals surface area contributed by atoms with Gasteiger partial charge in [0.2, 0.25) is 11.1 Å². The molecule has 0 fully saturated rings. The lowest BCUT2D eigenvalue weighted by Crippen LogP contribution is -2.10. The molecule has 0 aliphatic rings. The number of aryl methyl sites for hydroxylation is 1. The van der Waals surface area contributed by atoms with Crippen molar-refractivity contribution in [3.8, 4) is 0 Å². The number of nitrogens with zero attached hydrogens (tertiary/aromatic N) is 2. The average Bonchev–Trinajstić information content (AvgIpc) is 2.44. The summed E-state index contributed by atoms with van der Waals surface area (Å²) in [6.07, 6.45) is 0. The molecule has 1 heterocycles. The number of hydrogen-bond donors (Lipinski definition) is 2. The van der Waals surface area contributed by atoms with E-state index in [1.54, 1.807) is 0 Å². The van der Waals surface area contributed by atoms with Crippen molar-refractivity contribution in [2.45, 2.75) is 6.92 Å². The molecule has 0 atom stereocenters. The lowest BCUT2D eigenvalue weighted by molar-refractivity contribution is 0.382. The maximum atomic E-state index is 13.5. The van der Waals surface area contributed by atoms with Crippen LogP contribution >= 0.6 is 11.6 Å². The van der Waals surface area contributed by atoms with Crippen molar-refractivity contribution in [1.82, 2.24) is 9.97 Å². The van der Waals surface area contributed by atoms with Gasteiger partial charge in [-0.15, -0.1) is 0 Å². The van der Waals surface area contributed by atoms with Crippen LogP contribution in [0.2, 0.25) is 5.28 Å². The van der Waals surface area contributed by atoms with Crippen LogP contribution in [0.3, 0.4) is 0 Å². The van der Waals surface area contributed by atoms with E-state index in [2.05, 4.69) is 9.97 Å². The number of anilines is 3. The van der Waals surface area contributed by atoms with Gasteiger partial charge in [-0.1, -0.05) is 0 Å². The second kappa shape index (κ2) is 5.32. The summed E-state index contributed by atoms with van der Waals surface area (Å²) >= 11 is 5.54. The number of rotatable bonds is 2. The summed E-state index contributed by atoms with van der Waals surface area (Å²) in [5, 5.41) is 1.63. The van der Waals surface area contributed by atoms with E-state index in [1.807, 2.05) is 5.32 Å². The fourth-order valence-corrected chi connectivity index (χ4v) is 1.69. The molecule has 2 aromatic rings. The molecule has 0 amide bonds. The highest BCUT2D eigenvalue weighted by molar-refractivity contribution is 6.28. The third-order valence-electron chi connectivity index (χ3n) is 2.56. The minimum atomic E-state index is -2.26. The number of benzene rings is 1. The molecule has 10 heteroatoms. The van der Waals surface area contributed by atoms with Gasteiger partial charge >= 0.3 is 0 Å². The molecule has 0 unspecified atom stereocenters. The van der Waals surface area contributed by atoms with Crippen molar-refractivity contribution in [1.29, 1.82) is 0 Å². The first-order chi connectivity index (χ1) is 9.73. The SMILES string of the molecule is Cc1nc(Cl)nc(Nc2c(F)c(F)c(F)c(F)c2F)c1N. The molecule has 0 aliphatic carbocycles. The Labute approximate surface area is 119 Å². The average molecular weight is 325 g/mol. The molecule has 0 radical (unpaired) electrons. The van der Waals surface area contributed by atoms with Crippen molar-refractivity contribution < 1.29 is 22.0 Å². The Balaban J connectivity index is 2.60. The van der Waals surface area contributed by atoms with E-state index in [-0.39, 0.29) is 22.5 Å². The van der Waals surface area contributed by atoms with Gasteiger partial charge in [-0.3, -0.25) is 0 Å². The molecule has 0 bridgehead atoms. The molecule has 0 aliphatic heterocycles. The monoisotopic (exact) mass is 324 g/mol. The summed E-state index contributed by atoms with van der Waals surface area (Å²) in [4.78, 5) is 7.20. The van der Waals surface area contributed by atoms with E-state index in [0.29, 0.717) is 0 Å². The molecular formula is C11H6ClF5N4. The van der Waals surface area contributed by atoms with Crippen LogP contribution in [-0.4, -0.2) is 9.97 Å². The van der Waals surface area contributed by atoms with Gasteiger partial charge in [0, 0.05) is 0 Å². The van der Waals surface area contributed by atoms with E-state index in [0.717, 1.165) is 0 Å². The van der Waals surface area contributed by atoms with Crippen molar-refractivity contribution >= 4 is 28.8 Å². The fourth-order valence-electron chi connectivity index (χ4n) is 1.48. The van der Waals surface area contributed by atoms with E-state index in [4.69, 9.17) is 17.3 Å². The topological polar surface area (TPSA) is 63.8 Å². The van der Waals surface area contributed by atoms with E-state index in [1.165, 1.54) is 6.92 Å². The molecule has 1 aromatic heterocycles. The number of halogens is 6. The number of nitrogen functional groups attached to an aromatic ring is 1. The highest BCUT2D eigenvalue weighted by Gasteiger charge is 2.26. The van der Waals surface area contributed by atoms with Gasteiger partial charge < -0.3 is 11.1 Å². The number of nitrogens with two attached hydrogens (primary N) is 1. The van der Waals surface area contributed by atoms with Crippen LogP contribution in [0.4, 0.5) is 39.1 Å². The first kappa shape index (κ1) is 15.2. The van der Waals surface area contributed by atoms with E-state index in [9.17, 15) is 22.0 Å². The lowest BCUT2D eigenvalue weighted by Gasteiger charge is -2.12. The van der Waals surface area contributed by atoms with Crippen molar-refractivity contribution in [3.05, 3.63) is 40.1 Å². The predicted octanol–water partition coefficient (Wildman–Crippen LogP) is 3.46. The zero-order valence-electron chi connectivity index (χ0n) is 10.2. The maximum absolute atomic E-state index is 13.5. The molecule has 4 nitrogen and oxygen atoms in total. The summed E-state index contributed by atoms with van der Waals surface area (Å²) in [6, 6.07) is 0. The Morgan fingerprint density at radius 2 is 1.38 bits per heavy atom. The second-order valence-corrected chi connectivity index (χ2v) is 4.25.